The lowest BCUT2D eigenvalue weighted by atomic mass is 10.2. The van der Waals surface area contributed by atoms with Crippen molar-refractivity contribution >= 4 is 28.6 Å². The Morgan fingerprint density at radius 3 is 2.81 bits per heavy atom. The number of aryl methyl sites for hydroxylation is 1. The first-order chi connectivity index (χ1) is 15.5. The third kappa shape index (κ3) is 4.05. The van der Waals surface area contributed by atoms with Gasteiger partial charge in [-0.3, -0.25) is 9.48 Å². The van der Waals surface area contributed by atoms with Gasteiger partial charge in [-0.15, -0.1) is 0 Å². The van der Waals surface area contributed by atoms with E-state index in [4.69, 9.17) is 0 Å². The molecule has 164 valence electrons. The Labute approximate surface area is 185 Å². The van der Waals surface area contributed by atoms with E-state index in [-0.39, 0.29) is 11.9 Å². The van der Waals surface area contributed by atoms with E-state index in [1.165, 1.54) is 12.8 Å². The fraction of sp³-hybridized carbons (Fsp3) is 0.348. The molecule has 5 rings (SSSR count). The molecule has 0 unspecified atom stereocenters. The van der Waals surface area contributed by atoms with Gasteiger partial charge in [-0.2, -0.15) is 5.10 Å². The minimum absolute atomic E-state index is 0.194. The van der Waals surface area contributed by atoms with Gasteiger partial charge in [0.25, 0.3) is 5.91 Å². The summed E-state index contributed by atoms with van der Waals surface area (Å²) in [4.78, 5) is 26.1. The average molecular weight is 431 g/mol. The highest BCUT2D eigenvalue weighted by atomic mass is 16.1. The number of hydrogen-bond acceptors (Lipinski definition) is 6. The van der Waals surface area contributed by atoms with Crippen molar-refractivity contribution in [3.63, 3.8) is 0 Å². The number of carbonyl (C=O) groups is 1. The fourth-order valence-electron chi connectivity index (χ4n) is 3.62. The SMILES string of the molecule is CC(C)n1cc(C(=O)Nc2cc3c(cn2)cc(-c2ccnc(NCC4CC4)n2)n3C)cn1. The van der Waals surface area contributed by atoms with Crippen molar-refractivity contribution in [3.8, 4) is 11.4 Å². The van der Waals surface area contributed by atoms with Crippen LogP contribution in [-0.2, 0) is 7.05 Å². The lowest BCUT2D eigenvalue weighted by Gasteiger charge is -2.08. The van der Waals surface area contributed by atoms with Crippen molar-refractivity contribution in [2.75, 3.05) is 17.2 Å². The summed E-state index contributed by atoms with van der Waals surface area (Å²) in [5, 5.41) is 11.4. The molecule has 0 aliphatic heterocycles. The van der Waals surface area contributed by atoms with Crippen molar-refractivity contribution in [3.05, 3.63) is 48.5 Å². The Morgan fingerprint density at radius 2 is 2.06 bits per heavy atom. The van der Waals surface area contributed by atoms with Gasteiger partial charge in [0, 0.05) is 49.7 Å². The molecule has 0 radical (unpaired) electrons. The molecule has 0 saturated heterocycles. The van der Waals surface area contributed by atoms with Crippen LogP contribution in [0.5, 0.6) is 0 Å². The number of amides is 1. The largest absolute Gasteiger partial charge is 0.354 e. The molecule has 1 saturated carbocycles. The molecule has 4 aromatic heterocycles. The van der Waals surface area contributed by atoms with Gasteiger partial charge < -0.3 is 15.2 Å². The minimum atomic E-state index is -0.236. The van der Waals surface area contributed by atoms with Crippen LogP contribution < -0.4 is 10.6 Å². The monoisotopic (exact) mass is 430 g/mol. The van der Waals surface area contributed by atoms with Crippen LogP contribution in [-0.4, -0.2) is 41.8 Å². The molecule has 0 atom stereocenters. The molecule has 4 aromatic rings. The summed E-state index contributed by atoms with van der Waals surface area (Å²) in [6.07, 6.45) is 9.40. The summed E-state index contributed by atoms with van der Waals surface area (Å²) in [5.74, 6) is 1.65. The van der Waals surface area contributed by atoms with Crippen molar-refractivity contribution < 1.29 is 4.79 Å². The number of anilines is 2. The maximum atomic E-state index is 12.6. The van der Waals surface area contributed by atoms with E-state index >= 15 is 0 Å². The van der Waals surface area contributed by atoms with Gasteiger partial charge in [0.2, 0.25) is 5.95 Å². The number of nitrogens with zero attached hydrogens (tertiary/aromatic N) is 6. The zero-order chi connectivity index (χ0) is 22.2. The molecule has 4 heterocycles. The summed E-state index contributed by atoms with van der Waals surface area (Å²) < 4.78 is 3.81. The maximum Gasteiger partial charge on any atom is 0.260 e. The quantitative estimate of drug-likeness (QED) is 0.461. The smallest absolute Gasteiger partial charge is 0.260 e. The standard InChI is InChI=1S/C23H26N8O/c1-14(2)31-13-17(12-27-31)22(32)29-21-9-19-16(11-25-21)8-20(30(19)3)18-6-7-24-23(28-18)26-10-15-4-5-15/h6-9,11-15H,4-5,10H2,1-3H3,(H,24,26,28)(H,25,29,32). The van der Waals surface area contributed by atoms with Gasteiger partial charge in [-0.05, 0) is 44.7 Å². The number of carbonyl (C=O) groups excluding carboxylic acids is 1. The van der Waals surface area contributed by atoms with Crippen LogP contribution in [0.4, 0.5) is 11.8 Å². The molecule has 9 nitrogen and oxygen atoms in total. The Balaban J connectivity index is 1.38. The molecular formula is C23H26N8O. The van der Waals surface area contributed by atoms with Crippen LogP contribution in [0.15, 0.2) is 43.0 Å². The predicted molar refractivity (Wildman–Crippen MR) is 124 cm³/mol. The lowest BCUT2D eigenvalue weighted by molar-refractivity contribution is 0.102. The second kappa shape index (κ2) is 8.07. The van der Waals surface area contributed by atoms with Crippen LogP contribution in [0.1, 0.15) is 43.1 Å². The van der Waals surface area contributed by atoms with Crippen LogP contribution in [0, 0.1) is 5.92 Å². The van der Waals surface area contributed by atoms with Crippen molar-refractivity contribution in [2.24, 2.45) is 13.0 Å². The summed E-state index contributed by atoms with van der Waals surface area (Å²) in [6.45, 7) is 4.95. The van der Waals surface area contributed by atoms with E-state index in [1.807, 2.05) is 39.1 Å². The third-order valence-corrected chi connectivity index (χ3v) is 5.73. The zero-order valence-corrected chi connectivity index (χ0v) is 18.4. The normalized spacial score (nSPS) is 13.6. The summed E-state index contributed by atoms with van der Waals surface area (Å²) >= 11 is 0. The van der Waals surface area contributed by atoms with E-state index in [0.717, 1.165) is 34.8 Å². The van der Waals surface area contributed by atoms with Gasteiger partial charge in [-0.25, -0.2) is 15.0 Å². The van der Waals surface area contributed by atoms with E-state index in [1.54, 1.807) is 29.5 Å². The molecule has 1 aliphatic rings. The highest BCUT2D eigenvalue weighted by Crippen LogP contribution is 2.30. The van der Waals surface area contributed by atoms with Crippen molar-refractivity contribution in [2.45, 2.75) is 32.7 Å². The van der Waals surface area contributed by atoms with Gasteiger partial charge in [0.05, 0.1) is 28.7 Å². The van der Waals surface area contributed by atoms with Gasteiger partial charge in [-0.1, -0.05) is 0 Å². The number of pyridine rings is 1. The second-order valence-electron chi connectivity index (χ2n) is 8.56. The first-order valence-corrected chi connectivity index (χ1v) is 10.9. The van der Waals surface area contributed by atoms with Crippen molar-refractivity contribution in [1.29, 1.82) is 0 Å². The molecule has 1 amide bonds. The number of fused-ring (bicyclic) bond motifs is 1. The molecule has 32 heavy (non-hydrogen) atoms. The Morgan fingerprint density at radius 1 is 1.22 bits per heavy atom. The Kier molecular flexibility index (Phi) is 5.08. The van der Waals surface area contributed by atoms with E-state index in [0.29, 0.717) is 17.3 Å². The Bertz CT molecular complexity index is 1280. The molecule has 0 spiro atoms. The maximum absolute atomic E-state index is 12.6. The van der Waals surface area contributed by atoms with Crippen LogP contribution >= 0.6 is 0 Å². The molecule has 9 heteroatoms. The van der Waals surface area contributed by atoms with Crippen molar-refractivity contribution in [1.82, 2.24) is 29.3 Å². The molecule has 1 fully saturated rings. The summed E-state index contributed by atoms with van der Waals surface area (Å²) in [7, 11) is 1.98. The van der Waals surface area contributed by atoms with Gasteiger partial charge >= 0.3 is 0 Å². The number of nitrogens with one attached hydrogen (secondary N) is 2. The second-order valence-corrected chi connectivity index (χ2v) is 8.56. The first-order valence-electron chi connectivity index (χ1n) is 10.9. The zero-order valence-electron chi connectivity index (χ0n) is 18.4. The first kappa shape index (κ1) is 20.2. The number of hydrogen-bond donors (Lipinski definition) is 2. The van der Waals surface area contributed by atoms with E-state index in [2.05, 4.69) is 35.3 Å². The highest BCUT2D eigenvalue weighted by molar-refractivity contribution is 6.04. The number of rotatable bonds is 7. The summed E-state index contributed by atoms with van der Waals surface area (Å²) in [5.41, 5.74) is 3.25. The molecule has 1 aliphatic carbocycles. The molecule has 0 aromatic carbocycles. The molecular weight excluding hydrogens is 404 g/mol. The molecule has 2 N–H and O–H groups in total. The van der Waals surface area contributed by atoms with Crippen LogP contribution in [0.25, 0.3) is 22.3 Å². The third-order valence-electron chi connectivity index (χ3n) is 5.73. The topological polar surface area (TPSA) is 103 Å². The Hall–Kier alpha value is -3.75. The van der Waals surface area contributed by atoms with E-state index in [9.17, 15) is 4.79 Å². The molecule has 0 bridgehead atoms. The highest BCUT2D eigenvalue weighted by Gasteiger charge is 2.21. The summed E-state index contributed by atoms with van der Waals surface area (Å²) in [6, 6.07) is 6.02. The minimum Gasteiger partial charge on any atom is -0.354 e. The van der Waals surface area contributed by atoms with Crippen LogP contribution in [0.2, 0.25) is 0 Å². The van der Waals surface area contributed by atoms with Gasteiger partial charge in [0.15, 0.2) is 0 Å². The van der Waals surface area contributed by atoms with E-state index < -0.39 is 0 Å². The number of aromatic nitrogens is 6. The fourth-order valence-corrected chi connectivity index (χ4v) is 3.62. The lowest BCUT2D eigenvalue weighted by Crippen LogP contribution is -2.12. The average Bonchev–Trinajstić information content (AvgIpc) is 3.37. The van der Waals surface area contributed by atoms with Crippen LogP contribution in [0.3, 0.4) is 0 Å². The predicted octanol–water partition coefficient (Wildman–Crippen LogP) is 3.88. The van der Waals surface area contributed by atoms with Gasteiger partial charge in [0.1, 0.15) is 5.82 Å².